The van der Waals surface area contributed by atoms with Crippen molar-refractivity contribution in [3.63, 3.8) is 0 Å². The second-order valence-electron chi connectivity index (χ2n) is 7.00. The van der Waals surface area contributed by atoms with Crippen molar-refractivity contribution in [2.24, 2.45) is 16.7 Å². The largest absolute Gasteiger partial charge is 0.364 e. The number of hydrogen-bond acceptors (Lipinski definition) is 3. The van der Waals surface area contributed by atoms with Gasteiger partial charge in [0.05, 0.1) is 18.5 Å². The molecule has 4 bridgehead atoms. The average Bonchev–Trinajstić information content (AvgIpc) is 2.92. The zero-order valence-corrected chi connectivity index (χ0v) is 12.0. The normalized spacial score (nSPS) is 44.8. The molecule has 1 aliphatic heterocycles. The molecule has 2 aliphatic carbocycles. The standard InChI is InChI=1S/C16H20N2O2/c1-14-10-20-16(8-11(14)5-6-15(14,16)2)13(19)18-12-4-3-7-17-9-12/h3-4,7,9,11H,5-6,8,10H2,1-2H3,(H,18,19)/t11-,14-,15+,16-/m1/s1. The fourth-order valence-electron chi connectivity index (χ4n) is 4.93. The van der Waals surface area contributed by atoms with Crippen LogP contribution in [0.2, 0.25) is 0 Å². The van der Waals surface area contributed by atoms with Crippen molar-refractivity contribution >= 4 is 11.6 Å². The number of hydrogen-bond donors (Lipinski definition) is 1. The maximum Gasteiger partial charge on any atom is 0.257 e. The van der Waals surface area contributed by atoms with Crippen molar-refractivity contribution < 1.29 is 9.53 Å². The van der Waals surface area contributed by atoms with Gasteiger partial charge in [-0.1, -0.05) is 13.8 Å². The number of carbonyl (C=O) groups is 1. The van der Waals surface area contributed by atoms with Crippen molar-refractivity contribution in [2.75, 3.05) is 11.9 Å². The third kappa shape index (κ3) is 1.17. The summed E-state index contributed by atoms with van der Waals surface area (Å²) >= 11 is 0. The highest BCUT2D eigenvalue weighted by molar-refractivity contribution is 5.99. The molecule has 1 amide bonds. The molecule has 2 heterocycles. The van der Waals surface area contributed by atoms with Gasteiger partial charge in [0.25, 0.3) is 5.91 Å². The summed E-state index contributed by atoms with van der Waals surface area (Å²) in [5, 5.41) is 3.00. The third-order valence-corrected chi connectivity index (χ3v) is 6.48. The third-order valence-electron chi connectivity index (χ3n) is 6.48. The number of carbonyl (C=O) groups excluding carboxylic acids is 1. The Bertz CT molecular complexity index is 575. The Morgan fingerprint density at radius 1 is 1.50 bits per heavy atom. The van der Waals surface area contributed by atoms with Crippen LogP contribution >= 0.6 is 0 Å². The van der Waals surface area contributed by atoms with E-state index in [-0.39, 0.29) is 16.7 Å². The molecular weight excluding hydrogens is 252 g/mol. The molecule has 4 heteroatoms. The quantitative estimate of drug-likeness (QED) is 0.900. The number of anilines is 1. The second-order valence-corrected chi connectivity index (χ2v) is 7.00. The van der Waals surface area contributed by atoms with Gasteiger partial charge in [-0.2, -0.15) is 0 Å². The van der Waals surface area contributed by atoms with Crippen LogP contribution in [0.3, 0.4) is 0 Å². The van der Waals surface area contributed by atoms with Crippen molar-refractivity contribution in [3.8, 4) is 0 Å². The molecule has 4 nitrogen and oxygen atoms in total. The van der Waals surface area contributed by atoms with E-state index < -0.39 is 5.60 Å². The molecule has 2 saturated carbocycles. The van der Waals surface area contributed by atoms with Gasteiger partial charge in [0, 0.05) is 17.0 Å². The van der Waals surface area contributed by atoms with Gasteiger partial charge in [0.1, 0.15) is 0 Å². The Labute approximate surface area is 118 Å². The Kier molecular flexibility index (Phi) is 2.23. The first-order valence-electron chi connectivity index (χ1n) is 7.37. The molecule has 1 aromatic rings. The number of pyridine rings is 1. The zero-order valence-electron chi connectivity index (χ0n) is 12.0. The maximum absolute atomic E-state index is 12.9. The monoisotopic (exact) mass is 272 g/mol. The number of nitrogens with one attached hydrogen (secondary N) is 1. The van der Waals surface area contributed by atoms with Crippen LogP contribution < -0.4 is 5.32 Å². The lowest BCUT2D eigenvalue weighted by Gasteiger charge is -2.39. The molecule has 3 fully saturated rings. The predicted molar refractivity (Wildman–Crippen MR) is 75.1 cm³/mol. The van der Waals surface area contributed by atoms with Gasteiger partial charge in [-0.05, 0) is 37.3 Å². The van der Waals surface area contributed by atoms with Crippen LogP contribution in [0, 0.1) is 16.7 Å². The number of rotatable bonds is 2. The highest BCUT2D eigenvalue weighted by Gasteiger charge is 2.78. The summed E-state index contributed by atoms with van der Waals surface area (Å²) in [5.41, 5.74) is 0.243. The molecule has 1 aromatic heterocycles. The Morgan fingerprint density at radius 2 is 2.35 bits per heavy atom. The fourth-order valence-corrected chi connectivity index (χ4v) is 4.93. The minimum atomic E-state index is -0.638. The predicted octanol–water partition coefficient (Wildman–Crippen LogP) is 2.62. The van der Waals surface area contributed by atoms with Gasteiger partial charge in [-0.3, -0.25) is 9.78 Å². The van der Waals surface area contributed by atoms with Crippen LogP contribution in [0.25, 0.3) is 0 Å². The van der Waals surface area contributed by atoms with Crippen LogP contribution in [0.4, 0.5) is 5.69 Å². The minimum Gasteiger partial charge on any atom is -0.364 e. The lowest BCUT2D eigenvalue weighted by molar-refractivity contribution is -0.149. The van der Waals surface area contributed by atoms with E-state index in [9.17, 15) is 4.79 Å². The first-order valence-corrected chi connectivity index (χ1v) is 7.37. The van der Waals surface area contributed by atoms with Gasteiger partial charge in [0.2, 0.25) is 0 Å². The second kappa shape index (κ2) is 3.61. The summed E-state index contributed by atoms with van der Waals surface area (Å²) in [6.07, 6.45) is 6.58. The van der Waals surface area contributed by atoms with Gasteiger partial charge in [-0.15, -0.1) is 0 Å². The molecule has 0 unspecified atom stereocenters. The van der Waals surface area contributed by atoms with E-state index in [0.29, 0.717) is 12.5 Å². The number of nitrogens with zero attached hydrogens (tertiary/aromatic N) is 1. The SMILES string of the molecule is C[C@@]12CC[C@@H]3C[C@]1(C(=O)Nc1cccnc1)OC[C@]32C. The average molecular weight is 272 g/mol. The molecule has 0 spiro atoms. The van der Waals surface area contributed by atoms with E-state index in [4.69, 9.17) is 4.74 Å². The Hall–Kier alpha value is -1.42. The molecule has 4 rings (SSSR count). The summed E-state index contributed by atoms with van der Waals surface area (Å²) in [7, 11) is 0. The maximum atomic E-state index is 12.9. The molecule has 1 saturated heterocycles. The molecule has 0 radical (unpaired) electrons. The summed E-state index contributed by atoms with van der Waals surface area (Å²) in [5.74, 6) is 0.639. The fraction of sp³-hybridized carbons (Fsp3) is 0.625. The van der Waals surface area contributed by atoms with Crippen LogP contribution in [-0.4, -0.2) is 23.1 Å². The van der Waals surface area contributed by atoms with E-state index in [1.807, 2.05) is 12.1 Å². The molecule has 4 atom stereocenters. The van der Waals surface area contributed by atoms with Crippen molar-refractivity contribution in [1.29, 1.82) is 0 Å². The van der Waals surface area contributed by atoms with Crippen molar-refractivity contribution in [3.05, 3.63) is 24.5 Å². The van der Waals surface area contributed by atoms with Gasteiger partial charge < -0.3 is 10.1 Å². The highest BCUT2D eigenvalue weighted by atomic mass is 16.5. The first kappa shape index (κ1) is 12.3. The summed E-state index contributed by atoms with van der Waals surface area (Å²) in [6.45, 7) is 5.27. The van der Waals surface area contributed by atoms with Crippen LogP contribution in [0.5, 0.6) is 0 Å². The highest BCUT2D eigenvalue weighted by Crippen LogP contribution is 2.75. The van der Waals surface area contributed by atoms with E-state index in [1.165, 1.54) is 6.42 Å². The minimum absolute atomic E-state index is 0.0129. The Balaban J connectivity index is 1.68. The van der Waals surface area contributed by atoms with Crippen LogP contribution in [-0.2, 0) is 9.53 Å². The topological polar surface area (TPSA) is 51.2 Å². The molecule has 106 valence electrons. The molecule has 0 aromatic carbocycles. The molecule has 3 aliphatic rings. The lowest BCUT2D eigenvalue weighted by atomic mass is 9.66. The lowest BCUT2D eigenvalue weighted by Crippen LogP contribution is -2.52. The zero-order chi connectivity index (χ0) is 14.0. The first-order chi connectivity index (χ1) is 9.52. The van der Waals surface area contributed by atoms with Gasteiger partial charge in [-0.25, -0.2) is 0 Å². The summed E-state index contributed by atoms with van der Waals surface area (Å²) in [4.78, 5) is 16.9. The van der Waals surface area contributed by atoms with Crippen LogP contribution in [0.1, 0.15) is 33.1 Å². The summed E-state index contributed by atoms with van der Waals surface area (Å²) < 4.78 is 6.08. The van der Waals surface area contributed by atoms with Gasteiger partial charge >= 0.3 is 0 Å². The van der Waals surface area contributed by atoms with E-state index >= 15 is 0 Å². The number of amides is 1. The summed E-state index contributed by atoms with van der Waals surface area (Å²) in [6, 6.07) is 3.70. The van der Waals surface area contributed by atoms with E-state index in [0.717, 1.165) is 18.5 Å². The van der Waals surface area contributed by atoms with Crippen LogP contribution in [0.15, 0.2) is 24.5 Å². The van der Waals surface area contributed by atoms with E-state index in [1.54, 1.807) is 12.4 Å². The number of aromatic nitrogens is 1. The molecule has 20 heavy (non-hydrogen) atoms. The number of ether oxygens (including phenoxy) is 1. The van der Waals surface area contributed by atoms with Crippen molar-refractivity contribution in [2.45, 2.75) is 38.7 Å². The van der Waals surface area contributed by atoms with E-state index in [2.05, 4.69) is 24.1 Å². The Morgan fingerprint density at radius 3 is 3.00 bits per heavy atom. The smallest absolute Gasteiger partial charge is 0.257 e. The molecular formula is C16H20N2O2. The van der Waals surface area contributed by atoms with Crippen molar-refractivity contribution in [1.82, 2.24) is 4.98 Å². The van der Waals surface area contributed by atoms with Gasteiger partial charge in [0.15, 0.2) is 5.60 Å². The molecule has 1 N–H and O–H groups in total.